The van der Waals surface area contributed by atoms with Crippen LogP contribution in [-0.4, -0.2) is 6.04 Å². The molecule has 0 saturated heterocycles. The number of rotatable bonds is 4. The standard InChI is InChI=1S/C15H18ClNO/c1-10(2)17-9-13-5-7-15(18-13)14-6-4-12(16)8-11(14)3/h4-8,10,17H,9H2,1-3H3. The second kappa shape index (κ2) is 5.59. The van der Waals surface area contributed by atoms with E-state index < -0.39 is 0 Å². The third-order valence-corrected chi connectivity index (χ3v) is 3.04. The van der Waals surface area contributed by atoms with Crippen molar-refractivity contribution in [1.82, 2.24) is 5.32 Å². The fourth-order valence-electron chi connectivity index (χ4n) is 1.83. The summed E-state index contributed by atoms with van der Waals surface area (Å²) in [5.41, 5.74) is 2.22. The smallest absolute Gasteiger partial charge is 0.134 e. The molecule has 18 heavy (non-hydrogen) atoms. The van der Waals surface area contributed by atoms with Crippen molar-refractivity contribution in [2.75, 3.05) is 0 Å². The van der Waals surface area contributed by atoms with Crippen LogP contribution in [0.15, 0.2) is 34.7 Å². The molecule has 2 nitrogen and oxygen atoms in total. The van der Waals surface area contributed by atoms with Gasteiger partial charge in [0, 0.05) is 16.6 Å². The molecule has 96 valence electrons. The second-order valence-electron chi connectivity index (χ2n) is 4.76. The van der Waals surface area contributed by atoms with Gasteiger partial charge in [-0.15, -0.1) is 0 Å². The highest BCUT2D eigenvalue weighted by atomic mass is 35.5. The van der Waals surface area contributed by atoms with Gasteiger partial charge in [0.15, 0.2) is 0 Å². The molecule has 1 aromatic heterocycles. The first-order valence-corrected chi connectivity index (χ1v) is 6.52. The van der Waals surface area contributed by atoms with Gasteiger partial charge in [0.1, 0.15) is 11.5 Å². The van der Waals surface area contributed by atoms with Crippen molar-refractivity contribution in [3.63, 3.8) is 0 Å². The quantitative estimate of drug-likeness (QED) is 0.884. The topological polar surface area (TPSA) is 25.2 Å². The van der Waals surface area contributed by atoms with Crippen molar-refractivity contribution in [2.24, 2.45) is 0 Å². The lowest BCUT2D eigenvalue weighted by atomic mass is 10.1. The SMILES string of the molecule is Cc1cc(Cl)ccc1-c1ccc(CNC(C)C)o1. The Morgan fingerprint density at radius 2 is 2.00 bits per heavy atom. The van der Waals surface area contributed by atoms with Crippen LogP contribution in [0.25, 0.3) is 11.3 Å². The van der Waals surface area contributed by atoms with Crippen LogP contribution in [0.2, 0.25) is 5.02 Å². The Bertz CT molecular complexity index is 531. The Labute approximate surface area is 113 Å². The van der Waals surface area contributed by atoms with Crippen LogP contribution in [0.3, 0.4) is 0 Å². The van der Waals surface area contributed by atoms with E-state index in [9.17, 15) is 0 Å². The summed E-state index contributed by atoms with van der Waals surface area (Å²) in [6.45, 7) is 7.03. The van der Waals surface area contributed by atoms with Gasteiger partial charge in [-0.1, -0.05) is 25.4 Å². The van der Waals surface area contributed by atoms with E-state index in [4.69, 9.17) is 16.0 Å². The van der Waals surface area contributed by atoms with Gasteiger partial charge in [0.05, 0.1) is 6.54 Å². The molecule has 1 heterocycles. The van der Waals surface area contributed by atoms with Crippen molar-refractivity contribution in [1.29, 1.82) is 0 Å². The Morgan fingerprint density at radius 3 is 2.67 bits per heavy atom. The highest BCUT2D eigenvalue weighted by Crippen LogP contribution is 2.27. The minimum absolute atomic E-state index is 0.454. The highest BCUT2D eigenvalue weighted by molar-refractivity contribution is 6.30. The Morgan fingerprint density at radius 1 is 1.22 bits per heavy atom. The monoisotopic (exact) mass is 263 g/mol. The van der Waals surface area contributed by atoms with Gasteiger partial charge in [-0.05, 0) is 42.8 Å². The maximum atomic E-state index is 5.95. The van der Waals surface area contributed by atoms with Gasteiger partial charge in [-0.25, -0.2) is 0 Å². The molecular formula is C15H18ClNO. The van der Waals surface area contributed by atoms with Crippen LogP contribution in [0.5, 0.6) is 0 Å². The molecule has 0 unspecified atom stereocenters. The number of hydrogen-bond donors (Lipinski definition) is 1. The molecule has 0 atom stereocenters. The first-order chi connectivity index (χ1) is 8.56. The molecule has 1 aromatic carbocycles. The zero-order valence-corrected chi connectivity index (χ0v) is 11.7. The fourth-order valence-corrected chi connectivity index (χ4v) is 2.05. The lowest BCUT2D eigenvalue weighted by Crippen LogP contribution is -2.21. The van der Waals surface area contributed by atoms with Gasteiger partial charge < -0.3 is 9.73 Å². The lowest BCUT2D eigenvalue weighted by Gasteiger charge is -2.06. The van der Waals surface area contributed by atoms with Crippen LogP contribution in [0.1, 0.15) is 25.2 Å². The number of benzene rings is 1. The van der Waals surface area contributed by atoms with Crippen LogP contribution < -0.4 is 5.32 Å². The molecule has 3 heteroatoms. The number of halogens is 1. The molecule has 0 aliphatic rings. The Hall–Kier alpha value is -1.25. The predicted molar refractivity (Wildman–Crippen MR) is 75.9 cm³/mol. The summed E-state index contributed by atoms with van der Waals surface area (Å²) in [5, 5.41) is 4.09. The molecule has 2 aromatic rings. The van der Waals surface area contributed by atoms with E-state index in [1.54, 1.807) is 0 Å². The fraction of sp³-hybridized carbons (Fsp3) is 0.333. The molecule has 0 radical (unpaired) electrons. The van der Waals surface area contributed by atoms with Gasteiger partial charge in [0.2, 0.25) is 0 Å². The van der Waals surface area contributed by atoms with E-state index in [1.165, 1.54) is 0 Å². The normalized spacial score (nSPS) is 11.2. The maximum Gasteiger partial charge on any atom is 0.134 e. The van der Waals surface area contributed by atoms with Crippen LogP contribution in [-0.2, 0) is 6.54 Å². The molecular weight excluding hydrogens is 246 g/mol. The minimum atomic E-state index is 0.454. The summed E-state index contributed by atoms with van der Waals surface area (Å²) in [7, 11) is 0. The highest BCUT2D eigenvalue weighted by Gasteiger charge is 2.08. The summed E-state index contributed by atoms with van der Waals surface area (Å²) in [6, 6.07) is 10.3. The summed E-state index contributed by atoms with van der Waals surface area (Å²) in [6.07, 6.45) is 0. The first kappa shape index (κ1) is 13.2. The first-order valence-electron chi connectivity index (χ1n) is 6.15. The molecule has 1 N–H and O–H groups in total. The van der Waals surface area contributed by atoms with E-state index in [2.05, 4.69) is 19.2 Å². The lowest BCUT2D eigenvalue weighted by molar-refractivity contribution is 0.473. The average molecular weight is 264 g/mol. The number of nitrogens with one attached hydrogen (secondary N) is 1. The second-order valence-corrected chi connectivity index (χ2v) is 5.20. The predicted octanol–water partition coefficient (Wildman–Crippen LogP) is 4.41. The van der Waals surface area contributed by atoms with Crippen molar-refractivity contribution >= 4 is 11.6 Å². The van der Waals surface area contributed by atoms with Crippen molar-refractivity contribution < 1.29 is 4.42 Å². The zero-order chi connectivity index (χ0) is 13.1. The third kappa shape index (κ3) is 3.15. The third-order valence-electron chi connectivity index (χ3n) is 2.80. The Kier molecular flexibility index (Phi) is 4.10. The van der Waals surface area contributed by atoms with Crippen LogP contribution in [0.4, 0.5) is 0 Å². The Balaban J connectivity index is 2.18. The molecule has 0 aliphatic carbocycles. The minimum Gasteiger partial charge on any atom is -0.460 e. The van der Waals surface area contributed by atoms with Gasteiger partial charge >= 0.3 is 0 Å². The molecule has 0 bridgehead atoms. The molecule has 0 aliphatic heterocycles. The number of aryl methyl sites for hydroxylation is 1. The summed E-state index contributed by atoms with van der Waals surface area (Å²) < 4.78 is 5.84. The van der Waals surface area contributed by atoms with Crippen LogP contribution >= 0.6 is 11.6 Å². The number of furan rings is 1. The summed E-state index contributed by atoms with van der Waals surface area (Å²) >= 11 is 5.95. The largest absolute Gasteiger partial charge is 0.460 e. The summed E-state index contributed by atoms with van der Waals surface area (Å²) in [4.78, 5) is 0. The number of hydrogen-bond acceptors (Lipinski definition) is 2. The molecule has 0 saturated carbocycles. The van der Waals surface area contributed by atoms with Gasteiger partial charge in [-0.3, -0.25) is 0 Å². The van der Waals surface area contributed by atoms with Crippen molar-refractivity contribution in [3.05, 3.63) is 46.7 Å². The molecule has 0 fully saturated rings. The van der Waals surface area contributed by atoms with Gasteiger partial charge in [0.25, 0.3) is 0 Å². The van der Waals surface area contributed by atoms with Gasteiger partial charge in [-0.2, -0.15) is 0 Å². The van der Waals surface area contributed by atoms with E-state index in [-0.39, 0.29) is 0 Å². The van der Waals surface area contributed by atoms with E-state index in [0.29, 0.717) is 6.04 Å². The van der Waals surface area contributed by atoms with Crippen molar-refractivity contribution in [2.45, 2.75) is 33.4 Å². The molecule has 0 amide bonds. The summed E-state index contributed by atoms with van der Waals surface area (Å²) in [5.74, 6) is 1.85. The molecule has 0 spiro atoms. The maximum absolute atomic E-state index is 5.95. The van der Waals surface area contributed by atoms with E-state index in [1.807, 2.05) is 37.3 Å². The van der Waals surface area contributed by atoms with Crippen molar-refractivity contribution in [3.8, 4) is 11.3 Å². The average Bonchev–Trinajstić information content (AvgIpc) is 2.75. The van der Waals surface area contributed by atoms with E-state index >= 15 is 0 Å². The van der Waals surface area contributed by atoms with E-state index in [0.717, 1.165) is 34.2 Å². The molecule has 2 rings (SSSR count). The van der Waals surface area contributed by atoms with Crippen LogP contribution in [0, 0.1) is 6.92 Å². The zero-order valence-electron chi connectivity index (χ0n) is 11.0.